The van der Waals surface area contributed by atoms with Gasteiger partial charge in [-0.1, -0.05) is 23.2 Å². The number of nitrogens with zero attached hydrogens (tertiary/aromatic N) is 1. The van der Waals surface area contributed by atoms with Gasteiger partial charge in [-0.2, -0.15) is 0 Å². The molecule has 4 nitrogen and oxygen atoms in total. The van der Waals surface area contributed by atoms with Crippen LogP contribution in [0.25, 0.3) is 0 Å². The van der Waals surface area contributed by atoms with Crippen molar-refractivity contribution in [2.24, 2.45) is 0 Å². The molecule has 7 heteroatoms. The monoisotopic (exact) mass is 207 g/mol. The molecule has 64 valence electrons. The van der Waals surface area contributed by atoms with Crippen molar-refractivity contribution in [1.29, 1.82) is 0 Å². The molecule has 0 amide bonds. The second kappa shape index (κ2) is 3.95. The SMILES string of the molecule is OB(O)Oc1cnc(Cl)c(Cl)c1. The lowest BCUT2D eigenvalue weighted by molar-refractivity contribution is 0.287. The van der Waals surface area contributed by atoms with Crippen molar-refractivity contribution >= 4 is 30.5 Å². The molecule has 0 aliphatic carbocycles. The Labute approximate surface area is 78.9 Å². The third-order valence-electron chi connectivity index (χ3n) is 1.01. The minimum absolute atomic E-state index is 0.136. The van der Waals surface area contributed by atoms with Crippen molar-refractivity contribution in [2.75, 3.05) is 0 Å². The maximum Gasteiger partial charge on any atom is 0.707 e. The largest absolute Gasteiger partial charge is 0.707 e. The molecule has 0 saturated heterocycles. The topological polar surface area (TPSA) is 62.6 Å². The summed E-state index contributed by atoms with van der Waals surface area (Å²) >= 11 is 11.1. The minimum Gasteiger partial charge on any atom is -0.511 e. The Kier molecular flexibility index (Phi) is 3.16. The normalized spacial score (nSPS) is 9.67. The first-order valence-corrected chi connectivity index (χ1v) is 3.69. The second-order valence-corrected chi connectivity index (χ2v) is 2.65. The molecule has 12 heavy (non-hydrogen) atoms. The van der Waals surface area contributed by atoms with Crippen LogP contribution in [0.5, 0.6) is 5.75 Å². The summed E-state index contributed by atoms with van der Waals surface area (Å²) in [4.78, 5) is 3.62. The fourth-order valence-electron chi connectivity index (χ4n) is 0.590. The zero-order valence-corrected chi connectivity index (χ0v) is 7.25. The first-order chi connectivity index (χ1) is 5.59. The van der Waals surface area contributed by atoms with E-state index in [4.69, 9.17) is 33.2 Å². The number of hydrogen-bond donors (Lipinski definition) is 2. The molecule has 0 aromatic carbocycles. The predicted octanol–water partition coefficient (Wildman–Crippen LogP) is 0.737. The van der Waals surface area contributed by atoms with Crippen LogP contribution in [-0.4, -0.2) is 22.4 Å². The maximum atomic E-state index is 8.40. The Morgan fingerprint density at radius 1 is 1.42 bits per heavy atom. The second-order valence-electron chi connectivity index (χ2n) is 1.89. The van der Waals surface area contributed by atoms with Crippen molar-refractivity contribution in [2.45, 2.75) is 0 Å². The van der Waals surface area contributed by atoms with E-state index in [9.17, 15) is 0 Å². The first-order valence-electron chi connectivity index (χ1n) is 2.93. The van der Waals surface area contributed by atoms with E-state index in [1.807, 2.05) is 0 Å². The molecule has 0 aliphatic rings. The molecule has 1 heterocycles. The Bertz CT molecular complexity index is 283. The van der Waals surface area contributed by atoms with Crippen LogP contribution in [0.2, 0.25) is 10.2 Å². The molecular formula is C5H4BCl2NO3. The molecule has 0 unspecified atom stereocenters. The average molecular weight is 208 g/mol. The van der Waals surface area contributed by atoms with Crippen molar-refractivity contribution in [3.63, 3.8) is 0 Å². The molecular weight excluding hydrogens is 204 g/mol. The lowest BCUT2D eigenvalue weighted by atomic mass is 10.2. The maximum absolute atomic E-state index is 8.40. The van der Waals surface area contributed by atoms with Crippen LogP contribution in [0.15, 0.2) is 12.3 Å². The van der Waals surface area contributed by atoms with Crippen LogP contribution in [0.3, 0.4) is 0 Å². The standard InChI is InChI=1S/C5H4BCl2NO3/c7-4-1-3(12-6(10)11)2-9-5(4)8/h1-2,10-11H. The molecule has 1 aromatic heterocycles. The van der Waals surface area contributed by atoms with Gasteiger partial charge in [0, 0.05) is 6.07 Å². The van der Waals surface area contributed by atoms with E-state index in [1.165, 1.54) is 12.3 Å². The fourth-order valence-corrected chi connectivity index (χ4v) is 0.850. The molecule has 1 rings (SSSR count). The number of rotatable bonds is 2. The van der Waals surface area contributed by atoms with Crippen molar-refractivity contribution in [3.05, 3.63) is 22.4 Å². The highest BCUT2D eigenvalue weighted by atomic mass is 35.5. The number of hydrogen-bond acceptors (Lipinski definition) is 4. The molecule has 0 atom stereocenters. The van der Waals surface area contributed by atoms with Gasteiger partial charge in [-0.05, 0) is 0 Å². The van der Waals surface area contributed by atoms with Crippen LogP contribution in [0.1, 0.15) is 0 Å². The Morgan fingerprint density at radius 3 is 2.58 bits per heavy atom. The Morgan fingerprint density at radius 2 is 2.08 bits per heavy atom. The van der Waals surface area contributed by atoms with Crippen molar-refractivity contribution in [3.8, 4) is 5.75 Å². The van der Waals surface area contributed by atoms with Crippen LogP contribution in [0.4, 0.5) is 0 Å². The lowest BCUT2D eigenvalue weighted by Crippen LogP contribution is -2.20. The van der Waals surface area contributed by atoms with Crippen molar-refractivity contribution < 1.29 is 14.7 Å². The van der Waals surface area contributed by atoms with Gasteiger partial charge < -0.3 is 14.7 Å². The van der Waals surface area contributed by atoms with E-state index < -0.39 is 7.32 Å². The zero-order valence-electron chi connectivity index (χ0n) is 5.74. The van der Waals surface area contributed by atoms with Crippen molar-refractivity contribution in [1.82, 2.24) is 4.98 Å². The van der Waals surface area contributed by atoms with Gasteiger partial charge in [0.25, 0.3) is 0 Å². The summed E-state index contributed by atoms with van der Waals surface area (Å²) in [6.45, 7) is 0. The molecule has 0 radical (unpaired) electrons. The van der Waals surface area contributed by atoms with E-state index in [2.05, 4.69) is 9.64 Å². The van der Waals surface area contributed by atoms with E-state index in [1.54, 1.807) is 0 Å². The smallest absolute Gasteiger partial charge is 0.511 e. The van der Waals surface area contributed by atoms with Crippen LogP contribution in [-0.2, 0) is 0 Å². The summed E-state index contributed by atoms with van der Waals surface area (Å²) in [7, 11) is -1.89. The number of halogens is 2. The van der Waals surface area contributed by atoms with Gasteiger partial charge in [-0.3, -0.25) is 0 Å². The molecule has 0 spiro atoms. The highest BCUT2D eigenvalue weighted by molar-refractivity contribution is 6.41. The molecule has 2 N–H and O–H groups in total. The third kappa shape index (κ3) is 2.53. The first kappa shape index (κ1) is 9.60. The molecule has 0 fully saturated rings. The van der Waals surface area contributed by atoms with Gasteiger partial charge in [-0.15, -0.1) is 0 Å². The molecule has 0 aliphatic heterocycles. The quantitative estimate of drug-likeness (QED) is 0.555. The van der Waals surface area contributed by atoms with E-state index in [0.717, 1.165) is 0 Å². The average Bonchev–Trinajstić information content (AvgIpc) is 1.96. The van der Waals surface area contributed by atoms with Gasteiger partial charge in [-0.25, -0.2) is 4.98 Å². The van der Waals surface area contributed by atoms with Gasteiger partial charge in [0.2, 0.25) is 0 Å². The summed E-state index contributed by atoms with van der Waals surface area (Å²) in [5, 5.41) is 17.1. The summed E-state index contributed by atoms with van der Waals surface area (Å²) in [5.41, 5.74) is 0. The van der Waals surface area contributed by atoms with Crippen LogP contribution < -0.4 is 4.65 Å². The van der Waals surface area contributed by atoms with Crippen LogP contribution >= 0.6 is 23.2 Å². The van der Waals surface area contributed by atoms with Gasteiger partial charge in [0.15, 0.2) is 0 Å². The summed E-state index contributed by atoms with van der Waals surface area (Å²) in [6.07, 6.45) is 1.23. The predicted molar refractivity (Wildman–Crippen MR) is 45.1 cm³/mol. The Balaban J connectivity index is 2.82. The summed E-state index contributed by atoms with van der Waals surface area (Å²) < 4.78 is 4.46. The molecule has 1 aromatic rings. The van der Waals surface area contributed by atoms with E-state index in [0.29, 0.717) is 0 Å². The van der Waals surface area contributed by atoms with E-state index >= 15 is 0 Å². The number of pyridine rings is 1. The minimum atomic E-state index is -1.89. The highest BCUT2D eigenvalue weighted by Crippen LogP contribution is 2.23. The van der Waals surface area contributed by atoms with E-state index in [-0.39, 0.29) is 15.9 Å². The zero-order chi connectivity index (χ0) is 9.14. The third-order valence-corrected chi connectivity index (χ3v) is 1.70. The summed E-state index contributed by atoms with van der Waals surface area (Å²) in [6, 6.07) is 1.33. The fraction of sp³-hybridized carbons (Fsp3) is 0. The van der Waals surface area contributed by atoms with Gasteiger partial charge >= 0.3 is 7.32 Å². The van der Waals surface area contributed by atoms with Gasteiger partial charge in [0.05, 0.1) is 11.2 Å². The van der Waals surface area contributed by atoms with Gasteiger partial charge in [0.1, 0.15) is 10.9 Å². The summed E-state index contributed by atoms with van der Waals surface area (Å²) in [5.74, 6) is 0.138. The molecule has 0 bridgehead atoms. The Hall–Kier alpha value is -0.485. The van der Waals surface area contributed by atoms with Crippen LogP contribution in [0, 0.1) is 0 Å². The highest BCUT2D eigenvalue weighted by Gasteiger charge is 2.12. The lowest BCUT2D eigenvalue weighted by Gasteiger charge is -2.03. The number of aromatic nitrogens is 1. The molecule has 0 saturated carbocycles.